The Kier molecular flexibility index (Phi) is 3.39. The molecular formula is C10H12N4O3. The first-order valence-corrected chi connectivity index (χ1v) is 5.07. The van der Waals surface area contributed by atoms with E-state index < -0.39 is 0 Å². The van der Waals surface area contributed by atoms with Gasteiger partial charge in [-0.3, -0.25) is 0 Å². The van der Waals surface area contributed by atoms with E-state index in [4.69, 9.17) is 19.6 Å². The maximum absolute atomic E-state index is 5.49. The Balaban J connectivity index is 2.04. The van der Waals surface area contributed by atoms with Crippen LogP contribution in [-0.2, 0) is 6.61 Å². The number of hydrogen-bond acceptors (Lipinski definition) is 7. The SMILES string of the molecule is CCOc1nc(N)nc(OCc2ccco2)n1. The molecule has 2 aromatic heterocycles. The zero-order valence-electron chi connectivity index (χ0n) is 9.29. The molecule has 0 aromatic carbocycles. The number of hydrogen-bond donors (Lipinski definition) is 1. The fourth-order valence-electron chi connectivity index (χ4n) is 1.14. The number of rotatable bonds is 5. The molecule has 0 saturated heterocycles. The minimum atomic E-state index is 0.0536. The van der Waals surface area contributed by atoms with Crippen LogP contribution in [0.1, 0.15) is 12.7 Å². The molecule has 0 amide bonds. The third kappa shape index (κ3) is 3.07. The number of aromatic nitrogens is 3. The molecule has 0 aliphatic rings. The Morgan fingerprint density at radius 1 is 1.24 bits per heavy atom. The molecule has 0 aliphatic carbocycles. The summed E-state index contributed by atoms with van der Waals surface area (Å²) in [7, 11) is 0. The average molecular weight is 236 g/mol. The largest absolute Gasteiger partial charge is 0.466 e. The normalized spacial score (nSPS) is 10.2. The molecule has 7 nitrogen and oxygen atoms in total. The summed E-state index contributed by atoms with van der Waals surface area (Å²) in [5.41, 5.74) is 5.49. The van der Waals surface area contributed by atoms with Crippen LogP contribution in [0.4, 0.5) is 5.95 Å². The summed E-state index contributed by atoms with van der Waals surface area (Å²) in [6, 6.07) is 3.81. The summed E-state index contributed by atoms with van der Waals surface area (Å²) >= 11 is 0. The highest BCUT2D eigenvalue weighted by molar-refractivity contribution is 5.20. The lowest BCUT2D eigenvalue weighted by atomic mass is 10.5. The first kappa shape index (κ1) is 11.2. The van der Waals surface area contributed by atoms with Gasteiger partial charge in [-0.1, -0.05) is 0 Å². The third-order valence-electron chi connectivity index (χ3n) is 1.81. The van der Waals surface area contributed by atoms with Crippen molar-refractivity contribution < 1.29 is 13.9 Å². The fraction of sp³-hybridized carbons (Fsp3) is 0.300. The Bertz CT molecular complexity index is 472. The number of anilines is 1. The molecule has 2 aromatic rings. The van der Waals surface area contributed by atoms with Crippen molar-refractivity contribution in [3.63, 3.8) is 0 Å². The van der Waals surface area contributed by atoms with E-state index >= 15 is 0 Å². The van der Waals surface area contributed by atoms with Crippen LogP contribution in [0.2, 0.25) is 0 Å². The van der Waals surface area contributed by atoms with Crippen LogP contribution in [0.15, 0.2) is 22.8 Å². The van der Waals surface area contributed by atoms with E-state index in [2.05, 4.69) is 15.0 Å². The monoisotopic (exact) mass is 236 g/mol. The van der Waals surface area contributed by atoms with Gasteiger partial charge in [0.05, 0.1) is 12.9 Å². The molecule has 2 rings (SSSR count). The first-order valence-electron chi connectivity index (χ1n) is 5.07. The second kappa shape index (κ2) is 5.15. The maximum Gasteiger partial charge on any atom is 0.324 e. The zero-order chi connectivity index (χ0) is 12.1. The lowest BCUT2D eigenvalue weighted by molar-refractivity contribution is 0.239. The zero-order valence-corrected chi connectivity index (χ0v) is 9.29. The summed E-state index contributed by atoms with van der Waals surface area (Å²) in [5, 5.41) is 0. The predicted molar refractivity (Wildman–Crippen MR) is 58.4 cm³/mol. The van der Waals surface area contributed by atoms with Crippen molar-refractivity contribution >= 4 is 5.95 Å². The molecule has 90 valence electrons. The van der Waals surface area contributed by atoms with Gasteiger partial charge in [-0.2, -0.15) is 9.97 Å². The van der Waals surface area contributed by atoms with E-state index in [1.165, 1.54) is 0 Å². The number of nitrogen functional groups attached to an aromatic ring is 1. The van der Waals surface area contributed by atoms with Crippen molar-refractivity contribution in [2.45, 2.75) is 13.5 Å². The standard InChI is InChI=1S/C10H12N4O3/c1-2-15-9-12-8(11)13-10(14-9)17-6-7-4-3-5-16-7/h3-5H,2,6H2,1H3,(H2,11,12,13,14). The van der Waals surface area contributed by atoms with Crippen molar-refractivity contribution in [2.24, 2.45) is 0 Å². The second-order valence-electron chi connectivity index (χ2n) is 3.06. The van der Waals surface area contributed by atoms with Gasteiger partial charge in [-0.25, -0.2) is 0 Å². The van der Waals surface area contributed by atoms with Crippen molar-refractivity contribution in [3.8, 4) is 12.0 Å². The van der Waals surface area contributed by atoms with Gasteiger partial charge < -0.3 is 19.6 Å². The second-order valence-corrected chi connectivity index (χ2v) is 3.06. The van der Waals surface area contributed by atoms with Crippen LogP contribution in [-0.4, -0.2) is 21.6 Å². The highest BCUT2D eigenvalue weighted by Crippen LogP contribution is 2.12. The summed E-state index contributed by atoms with van der Waals surface area (Å²) in [4.78, 5) is 11.6. The predicted octanol–water partition coefficient (Wildman–Crippen LogP) is 1.02. The number of ether oxygens (including phenoxy) is 2. The molecular weight excluding hydrogens is 224 g/mol. The van der Waals surface area contributed by atoms with Crippen molar-refractivity contribution in [1.82, 2.24) is 15.0 Å². The maximum atomic E-state index is 5.49. The van der Waals surface area contributed by atoms with E-state index in [1.54, 1.807) is 18.4 Å². The van der Waals surface area contributed by atoms with Gasteiger partial charge in [0, 0.05) is 0 Å². The van der Waals surface area contributed by atoms with Crippen LogP contribution >= 0.6 is 0 Å². The number of furan rings is 1. The van der Waals surface area contributed by atoms with Crippen molar-refractivity contribution in [2.75, 3.05) is 12.3 Å². The van der Waals surface area contributed by atoms with Gasteiger partial charge in [0.25, 0.3) is 0 Å². The number of nitrogens with two attached hydrogens (primary N) is 1. The van der Waals surface area contributed by atoms with E-state index in [-0.39, 0.29) is 24.6 Å². The molecule has 0 bridgehead atoms. The molecule has 0 saturated carbocycles. The molecule has 17 heavy (non-hydrogen) atoms. The quantitative estimate of drug-likeness (QED) is 0.827. The third-order valence-corrected chi connectivity index (χ3v) is 1.81. The van der Waals surface area contributed by atoms with Crippen LogP contribution < -0.4 is 15.2 Å². The Morgan fingerprint density at radius 3 is 2.65 bits per heavy atom. The minimum Gasteiger partial charge on any atom is -0.466 e. The van der Waals surface area contributed by atoms with E-state index in [1.807, 2.05) is 6.92 Å². The highest BCUT2D eigenvalue weighted by atomic mass is 16.5. The smallest absolute Gasteiger partial charge is 0.324 e. The lowest BCUT2D eigenvalue weighted by Crippen LogP contribution is -2.06. The lowest BCUT2D eigenvalue weighted by Gasteiger charge is -2.05. The van der Waals surface area contributed by atoms with Crippen molar-refractivity contribution in [3.05, 3.63) is 24.2 Å². The summed E-state index contributed by atoms with van der Waals surface area (Å²) in [6.07, 6.45) is 1.56. The van der Waals surface area contributed by atoms with Crippen molar-refractivity contribution in [1.29, 1.82) is 0 Å². The molecule has 2 N–H and O–H groups in total. The van der Waals surface area contributed by atoms with Gasteiger partial charge >= 0.3 is 12.0 Å². The Morgan fingerprint density at radius 2 is 2.00 bits per heavy atom. The topological polar surface area (TPSA) is 96.3 Å². The van der Waals surface area contributed by atoms with Crippen LogP contribution in [0.3, 0.4) is 0 Å². The molecule has 0 spiro atoms. The highest BCUT2D eigenvalue weighted by Gasteiger charge is 2.07. The van der Waals surface area contributed by atoms with Gasteiger partial charge in [0.1, 0.15) is 12.4 Å². The first-order chi connectivity index (χ1) is 8.28. The average Bonchev–Trinajstić information content (AvgIpc) is 2.79. The molecule has 0 atom stereocenters. The van der Waals surface area contributed by atoms with Crippen LogP contribution in [0, 0.1) is 0 Å². The van der Waals surface area contributed by atoms with Gasteiger partial charge in [-0.15, -0.1) is 4.98 Å². The summed E-state index contributed by atoms with van der Waals surface area (Å²) < 4.78 is 15.5. The van der Waals surface area contributed by atoms with Gasteiger partial charge in [0.15, 0.2) is 0 Å². The molecule has 0 unspecified atom stereocenters. The molecule has 0 fully saturated rings. The van der Waals surface area contributed by atoms with E-state index in [0.29, 0.717) is 12.4 Å². The molecule has 0 radical (unpaired) electrons. The van der Waals surface area contributed by atoms with E-state index in [0.717, 1.165) is 0 Å². The molecule has 7 heteroatoms. The minimum absolute atomic E-state index is 0.0536. The fourth-order valence-corrected chi connectivity index (χ4v) is 1.14. The Hall–Kier alpha value is -2.31. The molecule has 0 aliphatic heterocycles. The van der Waals surface area contributed by atoms with Gasteiger partial charge in [0.2, 0.25) is 5.95 Å². The molecule has 2 heterocycles. The van der Waals surface area contributed by atoms with Gasteiger partial charge in [-0.05, 0) is 19.1 Å². The summed E-state index contributed by atoms with van der Waals surface area (Å²) in [5.74, 6) is 0.722. The van der Waals surface area contributed by atoms with Crippen LogP contribution in [0.5, 0.6) is 12.0 Å². The van der Waals surface area contributed by atoms with Crippen LogP contribution in [0.25, 0.3) is 0 Å². The van der Waals surface area contributed by atoms with E-state index in [9.17, 15) is 0 Å². The summed E-state index contributed by atoms with van der Waals surface area (Å²) in [6.45, 7) is 2.49. The number of nitrogens with zero attached hydrogens (tertiary/aromatic N) is 3. The Labute approximate surface area is 97.6 Å².